The summed E-state index contributed by atoms with van der Waals surface area (Å²) < 4.78 is 4.28. The van der Waals surface area contributed by atoms with E-state index in [1.165, 1.54) is 25.0 Å². The van der Waals surface area contributed by atoms with Crippen molar-refractivity contribution in [1.82, 2.24) is 4.37 Å². The number of hydrogen-bond acceptors (Lipinski definition) is 2. The van der Waals surface area contributed by atoms with Crippen LogP contribution < -0.4 is 0 Å². The molecule has 1 nitrogen and oxygen atoms in total. The fraction of sp³-hybridized carbons (Fsp3) is 0.571. The molecule has 0 saturated heterocycles. The monoisotopic (exact) mass is 139 g/mol. The fourth-order valence-corrected chi connectivity index (χ4v) is 1.73. The van der Waals surface area contributed by atoms with Crippen molar-refractivity contribution in [2.24, 2.45) is 0 Å². The summed E-state index contributed by atoms with van der Waals surface area (Å²) in [7, 11) is 0. The third kappa shape index (κ3) is 0.874. The Morgan fingerprint density at radius 2 is 2.44 bits per heavy atom. The smallest absolute Gasteiger partial charge is 0.0573 e. The van der Waals surface area contributed by atoms with E-state index in [1.807, 2.05) is 0 Å². The van der Waals surface area contributed by atoms with Crippen LogP contribution >= 0.6 is 11.5 Å². The van der Waals surface area contributed by atoms with Gasteiger partial charge in [0.1, 0.15) is 0 Å². The predicted octanol–water partition coefficient (Wildman–Crippen LogP) is 2.41. The number of rotatable bonds is 1. The first kappa shape index (κ1) is 5.42. The first-order valence-electron chi connectivity index (χ1n) is 3.37. The van der Waals surface area contributed by atoms with Crippen LogP contribution in [-0.2, 0) is 0 Å². The van der Waals surface area contributed by atoms with Crippen LogP contribution in [0.25, 0.3) is 0 Å². The van der Waals surface area contributed by atoms with Crippen molar-refractivity contribution in [3.8, 4) is 0 Å². The highest BCUT2D eigenvalue weighted by atomic mass is 32.1. The van der Waals surface area contributed by atoms with E-state index in [1.54, 1.807) is 11.5 Å². The van der Waals surface area contributed by atoms with Crippen molar-refractivity contribution in [3.05, 3.63) is 17.1 Å². The second-order valence-electron chi connectivity index (χ2n) is 2.55. The molecule has 9 heavy (non-hydrogen) atoms. The van der Waals surface area contributed by atoms with Crippen molar-refractivity contribution >= 4 is 11.5 Å². The molecule has 0 spiro atoms. The highest BCUT2D eigenvalue weighted by Gasteiger charge is 2.20. The lowest BCUT2D eigenvalue weighted by Gasteiger charge is -2.22. The summed E-state index contributed by atoms with van der Waals surface area (Å²) in [4.78, 5) is 0. The number of nitrogens with zero attached hydrogens (tertiary/aromatic N) is 1. The van der Waals surface area contributed by atoms with Gasteiger partial charge in [0.2, 0.25) is 0 Å². The van der Waals surface area contributed by atoms with Crippen LogP contribution in [0.1, 0.15) is 30.9 Å². The molecule has 0 amide bonds. The van der Waals surface area contributed by atoms with Gasteiger partial charge in [-0.05, 0) is 30.4 Å². The van der Waals surface area contributed by atoms with E-state index in [4.69, 9.17) is 0 Å². The van der Waals surface area contributed by atoms with Crippen molar-refractivity contribution in [2.75, 3.05) is 0 Å². The van der Waals surface area contributed by atoms with Crippen LogP contribution in [0.2, 0.25) is 0 Å². The van der Waals surface area contributed by atoms with E-state index in [0.717, 1.165) is 5.92 Å². The molecule has 0 radical (unpaired) electrons. The molecule has 2 rings (SSSR count). The lowest BCUT2D eigenvalue weighted by molar-refractivity contribution is 0.413. The predicted molar refractivity (Wildman–Crippen MR) is 38.7 cm³/mol. The van der Waals surface area contributed by atoms with Gasteiger partial charge in [0, 0.05) is 11.3 Å². The fourth-order valence-electron chi connectivity index (χ4n) is 1.14. The molecule has 1 heterocycles. The first-order valence-corrected chi connectivity index (χ1v) is 4.21. The van der Waals surface area contributed by atoms with Crippen LogP contribution in [0, 0.1) is 0 Å². The third-order valence-electron chi connectivity index (χ3n) is 1.98. The molecule has 0 atom stereocenters. The SMILES string of the molecule is c1cc(C2CCC2)ns1. The third-order valence-corrected chi connectivity index (χ3v) is 2.56. The van der Waals surface area contributed by atoms with Crippen LogP contribution in [0.5, 0.6) is 0 Å². The van der Waals surface area contributed by atoms with Gasteiger partial charge in [0.05, 0.1) is 5.69 Å². The summed E-state index contributed by atoms with van der Waals surface area (Å²) >= 11 is 1.57. The van der Waals surface area contributed by atoms with Crippen LogP contribution in [0.15, 0.2) is 11.4 Å². The van der Waals surface area contributed by atoms with Crippen LogP contribution in [0.3, 0.4) is 0 Å². The molecule has 1 saturated carbocycles. The molecule has 0 unspecified atom stereocenters. The summed E-state index contributed by atoms with van der Waals surface area (Å²) in [6.07, 6.45) is 4.13. The summed E-state index contributed by atoms with van der Waals surface area (Å²) in [6.45, 7) is 0. The lowest BCUT2D eigenvalue weighted by atomic mass is 9.83. The first-order chi connectivity index (χ1) is 4.47. The molecule has 1 fully saturated rings. The Kier molecular flexibility index (Phi) is 1.27. The Bertz CT molecular complexity index is 177. The maximum Gasteiger partial charge on any atom is 0.0573 e. The largest absolute Gasteiger partial charge is 0.197 e. The molecule has 0 bridgehead atoms. The number of hydrogen-bond donors (Lipinski definition) is 0. The van der Waals surface area contributed by atoms with Gasteiger partial charge in [-0.3, -0.25) is 0 Å². The maximum absolute atomic E-state index is 4.28. The molecule has 0 aromatic carbocycles. The number of aromatic nitrogens is 1. The molecule has 1 aromatic rings. The quantitative estimate of drug-likeness (QED) is 0.582. The van der Waals surface area contributed by atoms with E-state index in [0.29, 0.717) is 0 Å². The average Bonchev–Trinajstić information content (AvgIpc) is 2.11. The zero-order valence-electron chi connectivity index (χ0n) is 5.21. The topological polar surface area (TPSA) is 12.9 Å². The normalized spacial score (nSPS) is 19.6. The van der Waals surface area contributed by atoms with Gasteiger partial charge in [0.25, 0.3) is 0 Å². The summed E-state index contributed by atoms with van der Waals surface area (Å²) in [5.41, 5.74) is 1.33. The molecule has 0 N–H and O–H groups in total. The second-order valence-corrected chi connectivity index (χ2v) is 3.22. The van der Waals surface area contributed by atoms with Crippen molar-refractivity contribution in [3.63, 3.8) is 0 Å². The summed E-state index contributed by atoms with van der Waals surface area (Å²) in [5, 5.41) is 2.06. The van der Waals surface area contributed by atoms with E-state index < -0.39 is 0 Å². The van der Waals surface area contributed by atoms with E-state index >= 15 is 0 Å². The van der Waals surface area contributed by atoms with E-state index in [-0.39, 0.29) is 0 Å². The van der Waals surface area contributed by atoms with Crippen molar-refractivity contribution in [1.29, 1.82) is 0 Å². The Morgan fingerprint density at radius 1 is 1.56 bits per heavy atom. The van der Waals surface area contributed by atoms with E-state index in [2.05, 4.69) is 15.8 Å². The van der Waals surface area contributed by atoms with Crippen LogP contribution in [-0.4, -0.2) is 4.37 Å². The minimum atomic E-state index is 0.816. The summed E-state index contributed by atoms with van der Waals surface area (Å²) in [5.74, 6) is 0.816. The zero-order valence-corrected chi connectivity index (χ0v) is 6.03. The zero-order chi connectivity index (χ0) is 6.10. The Hall–Kier alpha value is -0.370. The van der Waals surface area contributed by atoms with Crippen LogP contribution in [0.4, 0.5) is 0 Å². The Labute approximate surface area is 58.9 Å². The second kappa shape index (κ2) is 2.10. The van der Waals surface area contributed by atoms with Gasteiger partial charge < -0.3 is 0 Å². The molecular formula is C7H9NS. The van der Waals surface area contributed by atoms with Crippen molar-refractivity contribution < 1.29 is 0 Å². The molecule has 1 aliphatic rings. The molecule has 48 valence electrons. The highest BCUT2D eigenvalue weighted by Crippen LogP contribution is 2.35. The molecule has 0 aliphatic heterocycles. The highest BCUT2D eigenvalue weighted by molar-refractivity contribution is 7.03. The maximum atomic E-state index is 4.28. The van der Waals surface area contributed by atoms with Gasteiger partial charge in [0.15, 0.2) is 0 Å². The van der Waals surface area contributed by atoms with E-state index in [9.17, 15) is 0 Å². The lowest BCUT2D eigenvalue weighted by Crippen LogP contribution is -2.08. The minimum Gasteiger partial charge on any atom is -0.197 e. The summed E-state index contributed by atoms with van der Waals surface area (Å²) in [6, 6.07) is 2.15. The standard InChI is InChI=1S/C7H9NS/c1-2-6(3-1)7-4-5-9-8-7/h4-6H,1-3H2. The van der Waals surface area contributed by atoms with Crippen molar-refractivity contribution in [2.45, 2.75) is 25.2 Å². The van der Waals surface area contributed by atoms with Gasteiger partial charge >= 0.3 is 0 Å². The average molecular weight is 139 g/mol. The van der Waals surface area contributed by atoms with Gasteiger partial charge in [-0.1, -0.05) is 6.42 Å². The van der Waals surface area contributed by atoms with Gasteiger partial charge in [-0.25, -0.2) is 0 Å². The van der Waals surface area contributed by atoms with Gasteiger partial charge in [-0.15, -0.1) is 0 Å². The Morgan fingerprint density at radius 3 is 2.89 bits per heavy atom. The molecule has 1 aromatic heterocycles. The molecular weight excluding hydrogens is 130 g/mol. The molecule has 2 heteroatoms. The minimum absolute atomic E-state index is 0.816. The van der Waals surface area contributed by atoms with Gasteiger partial charge in [-0.2, -0.15) is 4.37 Å². The molecule has 1 aliphatic carbocycles. The Balaban J connectivity index is 2.14.